The lowest BCUT2D eigenvalue weighted by Gasteiger charge is -2.22. The van der Waals surface area contributed by atoms with Crippen molar-refractivity contribution in [3.8, 4) is 5.75 Å². The summed E-state index contributed by atoms with van der Waals surface area (Å²) in [5.41, 5.74) is 4.99. The van der Waals surface area contributed by atoms with Gasteiger partial charge in [0.25, 0.3) is 0 Å². The Balaban J connectivity index is 2.57. The van der Waals surface area contributed by atoms with Crippen molar-refractivity contribution in [2.45, 2.75) is 39.2 Å². The zero-order chi connectivity index (χ0) is 10.8. The topological polar surface area (TPSA) is 29.5 Å². The van der Waals surface area contributed by atoms with Crippen molar-refractivity contribution >= 4 is 0 Å². The number of benzene rings is 1. The Morgan fingerprint density at radius 1 is 1.33 bits per heavy atom. The van der Waals surface area contributed by atoms with Crippen LogP contribution in [0.5, 0.6) is 5.75 Å². The summed E-state index contributed by atoms with van der Waals surface area (Å²) in [5.74, 6) is 0.873. The Labute approximate surface area is 90.9 Å². The molecule has 0 radical (unpaired) electrons. The van der Waals surface area contributed by atoms with Crippen molar-refractivity contribution in [3.63, 3.8) is 0 Å². The zero-order valence-electron chi connectivity index (χ0n) is 9.47. The third-order valence-corrected chi connectivity index (χ3v) is 3.32. The lowest BCUT2D eigenvalue weighted by molar-refractivity contribution is 0.273. The van der Waals surface area contributed by atoms with Gasteiger partial charge in [0.1, 0.15) is 5.75 Å². The molecule has 1 aliphatic carbocycles. The molecule has 0 fully saturated rings. The molecule has 1 aromatic rings. The van der Waals surface area contributed by atoms with Gasteiger partial charge in [0, 0.05) is 5.56 Å². The van der Waals surface area contributed by atoms with E-state index in [0.29, 0.717) is 0 Å². The minimum Gasteiger partial charge on any atom is -0.496 e. The standard InChI is InChI=1S/C13H18O2/c1-9-12-6-4-3-5-10(12)7-11(8-14)13(9)15-2/h7,14H,3-6,8H2,1-2H3. The van der Waals surface area contributed by atoms with Gasteiger partial charge in [-0.15, -0.1) is 0 Å². The lowest BCUT2D eigenvalue weighted by Crippen LogP contribution is -2.08. The van der Waals surface area contributed by atoms with E-state index in [4.69, 9.17) is 4.74 Å². The fraction of sp³-hybridized carbons (Fsp3) is 0.538. The van der Waals surface area contributed by atoms with E-state index in [-0.39, 0.29) is 6.61 Å². The normalized spacial score (nSPS) is 14.9. The summed E-state index contributed by atoms with van der Waals surface area (Å²) in [5, 5.41) is 9.30. The molecule has 0 heterocycles. The number of rotatable bonds is 2. The summed E-state index contributed by atoms with van der Waals surface area (Å²) in [6.07, 6.45) is 4.84. The largest absolute Gasteiger partial charge is 0.496 e. The predicted octanol–water partition coefficient (Wildman–Crippen LogP) is 2.37. The first-order valence-corrected chi connectivity index (χ1v) is 5.57. The van der Waals surface area contributed by atoms with Crippen molar-refractivity contribution in [1.29, 1.82) is 0 Å². The molecule has 2 rings (SSSR count). The first-order valence-electron chi connectivity index (χ1n) is 5.57. The van der Waals surface area contributed by atoms with Crippen molar-refractivity contribution in [1.82, 2.24) is 0 Å². The summed E-state index contributed by atoms with van der Waals surface area (Å²) in [6, 6.07) is 2.11. The van der Waals surface area contributed by atoms with Gasteiger partial charge in [-0.25, -0.2) is 0 Å². The van der Waals surface area contributed by atoms with Crippen LogP contribution in [0.4, 0.5) is 0 Å². The third kappa shape index (κ3) is 1.74. The van der Waals surface area contributed by atoms with Crippen molar-refractivity contribution < 1.29 is 9.84 Å². The van der Waals surface area contributed by atoms with Gasteiger partial charge in [-0.1, -0.05) is 0 Å². The number of ether oxygens (including phenoxy) is 1. The summed E-state index contributed by atoms with van der Waals surface area (Å²) in [7, 11) is 1.68. The number of methoxy groups -OCH3 is 1. The maximum Gasteiger partial charge on any atom is 0.127 e. The fourth-order valence-corrected chi connectivity index (χ4v) is 2.57. The average Bonchev–Trinajstić information content (AvgIpc) is 2.29. The maximum atomic E-state index is 9.30. The second-order valence-electron chi connectivity index (χ2n) is 4.20. The van der Waals surface area contributed by atoms with Crippen molar-refractivity contribution in [3.05, 3.63) is 28.3 Å². The highest BCUT2D eigenvalue weighted by molar-refractivity contribution is 5.50. The summed E-state index contributed by atoms with van der Waals surface area (Å²) < 4.78 is 5.37. The van der Waals surface area contributed by atoms with Crippen LogP contribution in [0.25, 0.3) is 0 Å². The van der Waals surface area contributed by atoms with E-state index in [1.165, 1.54) is 29.5 Å². The van der Waals surface area contributed by atoms with Crippen LogP contribution in [-0.4, -0.2) is 12.2 Å². The Morgan fingerprint density at radius 3 is 2.73 bits per heavy atom. The van der Waals surface area contributed by atoms with Gasteiger partial charge in [0.05, 0.1) is 13.7 Å². The highest BCUT2D eigenvalue weighted by Gasteiger charge is 2.17. The van der Waals surface area contributed by atoms with Gasteiger partial charge in [-0.2, -0.15) is 0 Å². The highest BCUT2D eigenvalue weighted by atomic mass is 16.5. The molecule has 0 bridgehead atoms. The minimum absolute atomic E-state index is 0.0668. The van der Waals surface area contributed by atoms with Crippen LogP contribution in [0, 0.1) is 6.92 Å². The van der Waals surface area contributed by atoms with Crippen LogP contribution < -0.4 is 4.74 Å². The summed E-state index contributed by atoms with van der Waals surface area (Å²) >= 11 is 0. The molecule has 15 heavy (non-hydrogen) atoms. The van der Waals surface area contributed by atoms with Crippen LogP contribution in [0.1, 0.15) is 35.1 Å². The monoisotopic (exact) mass is 206 g/mol. The number of aliphatic hydroxyl groups excluding tert-OH is 1. The average molecular weight is 206 g/mol. The number of hydrogen-bond acceptors (Lipinski definition) is 2. The molecular formula is C13H18O2. The molecule has 0 saturated heterocycles. The van der Waals surface area contributed by atoms with Crippen LogP contribution >= 0.6 is 0 Å². The number of hydrogen-bond donors (Lipinski definition) is 1. The van der Waals surface area contributed by atoms with E-state index in [2.05, 4.69) is 13.0 Å². The van der Waals surface area contributed by atoms with Gasteiger partial charge >= 0.3 is 0 Å². The molecule has 0 saturated carbocycles. The molecule has 0 unspecified atom stereocenters. The van der Waals surface area contributed by atoms with E-state index in [0.717, 1.165) is 24.2 Å². The molecule has 1 aliphatic rings. The Kier molecular flexibility index (Phi) is 2.96. The number of aryl methyl sites for hydroxylation is 1. The minimum atomic E-state index is 0.0668. The number of aliphatic hydroxyl groups is 1. The third-order valence-electron chi connectivity index (χ3n) is 3.32. The second kappa shape index (κ2) is 4.23. The van der Waals surface area contributed by atoms with Crippen LogP contribution in [0.2, 0.25) is 0 Å². The predicted molar refractivity (Wildman–Crippen MR) is 60.3 cm³/mol. The van der Waals surface area contributed by atoms with E-state index in [1.807, 2.05) is 0 Å². The molecule has 82 valence electrons. The SMILES string of the molecule is COc1c(CO)cc2c(c1C)CCCC2. The van der Waals surface area contributed by atoms with E-state index in [9.17, 15) is 5.11 Å². The Bertz CT molecular complexity index is 355. The zero-order valence-corrected chi connectivity index (χ0v) is 9.47. The van der Waals surface area contributed by atoms with Crippen LogP contribution in [0.15, 0.2) is 6.07 Å². The first-order chi connectivity index (χ1) is 7.27. The van der Waals surface area contributed by atoms with Gasteiger partial charge < -0.3 is 9.84 Å². The quantitative estimate of drug-likeness (QED) is 0.805. The van der Waals surface area contributed by atoms with Crippen molar-refractivity contribution in [2.75, 3.05) is 7.11 Å². The van der Waals surface area contributed by atoms with Crippen LogP contribution in [0.3, 0.4) is 0 Å². The van der Waals surface area contributed by atoms with Gasteiger partial charge in [-0.3, -0.25) is 0 Å². The molecule has 2 nitrogen and oxygen atoms in total. The molecule has 0 atom stereocenters. The smallest absolute Gasteiger partial charge is 0.127 e. The lowest BCUT2D eigenvalue weighted by atomic mass is 9.86. The Morgan fingerprint density at radius 2 is 2.07 bits per heavy atom. The fourth-order valence-electron chi connectivity index (χ4n) is 2.57. The molecule has 1 N–H and O–H groups in total. The first kappa shape index (κ1) is 10.5. The second-order valence-corrected chi connectivity index (χ2v) is 4.20. The van der Waals surface area contributed by atoms with Crippen LogP contribution in [-0.2, 0) is 19.4 Å². The maximum absolute atomic E-state index is 9.30. The molecule has 0 amide bonds. The highest BCUT2D eigenvalue weighted by Crippen LogP contribution is 2.33. The number of fused-ring (bicyclic) bond motifs is 1. The van der Waals surface area contributed by atoms with Gasteiger partial charge in [-0.05, 0) is 55.4 Å². The summed E-state index contributed by atoms with van der Waals surface area (Å²) in [6.45, 7) is 2.17. The summed E-state index contributed by atoms with van der Waals surface area (Å²) in [4.78, 5) is 0. The molecule has 0 aromatic heterocycles. The molecular weight excluding hydrogens is 188 g/mol. The molecule has 2 heteroatoms. The van der Waals surface area contributed by atoms with Gasteiger partial charge in [0.2, 0.25) is 0 Å². The van der Waals surface area contributed by atoms with E-state index >= 15 is 0 Å². The Hall–Kier alpha value is -1.02. The van der Waals surface area contributed by atoms with Gasteiger partial charge in [0.15, 0.2) is 0 Å². The van der Waals surface area contributed by atoms with E-state index in [1.54, 1.807) is 7.11 Å². The van der Waals surface area contributed by atoms with Crippen molar-refractivity contribution in [2.24, 2.45) is 0 Å². The molecule has 0 spiro atoms. The van der Waals surface area contributed by atoms with E-state index < -0.39 is 0 Å². The molecule has 1 aromatic carbocycles. The molecule has 0 aliphatic heterocycles.